The molecule has 0 spiro atoms. The Morgan fingerprint density at radius 3 is 2.62 bits per heavy atom. The van der Waals surface area contributed by atoms with Gasteiger partial charge in [0.1, 0.15) is 11.6 Å². The van der Waals surface area contributed by atoms with Crippen LogP contribution >= 0.6 is 0 Å². The van der Waals surface area contributed by atoms with E-state index in [4.69, 9.17) is 4.74 Å². The number of aryl methyl sites for hydroxylation is 3. The summed E-state index contributed by atoms with van der Waals surface area (Å²) in [4.78, 5) is 9.33. The van der Waals surface area contributed by atoms with Crippen molar-refractivity contribution < 1.29 is 4.74 Å². The van der Waals surface area contributed by atoms with Crippen LogP contribution in [0.25, 0.3) is 10.9 Å². The second-order valence-electron chi connectivity index (χ2n) is 8.58. The summed E-state index contributed by atoms with van der Waals surface area (Å²) in [5.74, 6) is 1.68. The van der Waals surface area contributed by atoms with Crippen molar-refractivity contribution in [3.63, 3.8) is 0 Å². The lowest BCUT2D eigenvalue weighted by atomic mass is 9.74. The van der Waals surface area contributed by atoms with Crippen molar-refractivity contribution >= 4 is 16.7 Å². The Balaban J connectivity index is 1.31. The number of para-hydroxylation sites is 1. The molecule has 0 atom stereocenters. The smallest absolute Gasteiger partial charge is 0.129 e. The molecular formula is C26H29N5O. The molecule has 0 aliphatic carbocycles. The maximum Gasteiger partial charge on any atom is 0.129 e. The first-order valence-electron chi connectivity index (χ1n) is 11.3. The highest BCUT2D eigenvalue weighted by atomic mass is 16.5. The number of rotatable bonds is 7. The van der Waals surface area contributed by atoms with Gasteiger partial charge in [0, 0.05) is 55.3 Å². The summed E-state index contributed by atoms with van der Waals surface area (Å²) >= 11 is 0. The highest BCUT2D eigenvalue weighted by molar-refractivity contribution is 5.78. The molecule has 1 aliphatic rings. The molecule has 32 heavy (non-hydrogen) atoms. The van der Waals surface area contributed by atoms with Crippen LogP contribution in [0.1, 0.15) is 29.9 Å². The lowest BCUT2D eigenvalue weighted by Gasteiger charge is -2.38. The van der Waals surface area contributed by atoms with Crippen molar-refractivity contribution in [2.75, 3.05) is 25.1 Å². The Morgan fingerprint density at radius 1 is 1.00 bits per heavy atom. The molecule has 164 valence electrons. The van der Waals surface area contributed by atoms with Crippen LogP contribution in [0.5, 0.6) is 0 Å². The second kappa shape index (κ2) is 9.09. The number of anilines is 1. The maximum absolute atomic E-state index is 5.67. The molecule has 1 aliphatic heterocycles. The van der Waals surface area contributed by atoms with Gasteiger partial charge in [-0.2, -0.15) is 5.10 Å². The predicted octanol–water partition coefficient (Wildman–Crippen LogP) is 4.54. The molecule has 0 bridgehead atoms. The van der Waals surface area contributed by atoms with Crippen LogP contribution in [0, 0.1) is 6.92 Å². The number of ether oxygens (including phenoxy) is 1. The van der Waals surface area contributed by atoms with Gasteiger partial charge in [0.05, 0.1) is 11.7 Å². The van der Waals surface area contributed by atoms with Gasteiger partial charge in [-0.1, -0.05) is 48.5 Å². The Hall–Kier alpha value is -3.25. The first kappa shape index (κ1) is 20.6. The molecule has 6 heteroatoms. The van der Waals surface area contributed by atoms with Gasteiger partial charge in [-0.25, -0.2) is 9.97 Å². The number of hydrogen-bond acceptors (Lipinski definition) is 5. The number of aromatic nitrogens is 4. The summed E-state index contributed by atoms with van der Waals surface area (Å²) in [5.41, 5.74) is 3.61. The van der Waals surface area contributed by atoms with Gasteiger partial charge in [-0.05, 0) is 31.4 Å². The molecule has 0 saturated carbocycles. The fourth-order valence-electron chi connectivity index (χ4n) is 4.65. The van der Waals surface area contributed by atoms with Crippen LogP contribution in [0.3, 0.4) is 0 Å². The molecule has 2 aromatic carbocycles. The number of nitrogens with zero attached hydrogens (tertiary/aromatic N) is 4. The summed E-state index contributed by atoms with van der Waals surface area (Å²) in [6.07, 6.45) is 4.74. The van der Waals surface area contributed by atoms with Gasteiger partial charge in [-0.3, -0.25) is 4.68 Å². The van der Waals surface area contributed by atoms with Gasteiger partial charge in [-0.15, -0.1) is 0 Å². The van der Waals surface area contributed by atoms with Gasteiger partial charge < -0.3 is 10.1 Å². The largest absolute Gasteiger partial charge is 0.381 e. The Labute approximate surface area is 188 Å². The molecule has 1 fully saturated rings. The zero-order valence-corrected chi connectivity index (χ0v) is 18.5. The summed E-state index contributed by atoms with van der Waals surface area (Å²) < 4.78 is 7.72. The summed E-state index contributed by atoms with van der Waals surface area (Å²) in [6.45, 7) is 5.17. The van der Waals surface area contributed by atoms with Gasteiger partial charge in [0.2, 0.25) is 0 Å². The van der Waals surface area contributed by atoms with Crippen molar-refractivity contribution in [1.82, 2.24) is 19.7 Å². The zero-order valence-electron chi connectivity index (χ0n) is 18.5. The van der Waals surface area contributed by atoms with Gasteiger partial charge >= 0.3 is 0 Å². The molecule has 6 nitrogen and oxygen atoms in total. The predicted molar refractivity (Wildman–Crippen MR) is 127 cm³/mol. The molecule has 1 N–H and O–H groups in total. The molecule has 4 aromatic rings. The minimum atomic E-state index is 0.0620. The summed E-state index contributed by atoms with van der Waals surface area (Å²) in [6, 6.07) is 21.2. The van der Waals surface area contributed by atoms with Crippen LogP contribution in [-0.2, 0) is 23.1 Å². The van der Waals surface area contributed by atoms with Crippen molar-refractivity contribution in [3.8, 4) is 0 Å². The van der Waals surface area contributed by atoms with E-state index in [1.807, 2.05) is 23.9 Å². The van der Waals surface area contributed by atoms with Gasteiger partial charge in [0.25, 0.3) is 0 Å². The molecule has 3 heterocycles. The fraction of sp³-hybridized carbons (Fsp3) is 0.346. The van der Waals surface area contributed by atoms with E-state index in [2.05, 4.69) is 75.0 Å². The molecule has 5 rings (SSSR count). The first-order chi connectivity index (χ1) is 15.7. The first-order valence-corrected chi connectivity index (χ1v) is 11.3. The van der Waals surface area contributed by atoms with Crippen molar-refractivity contribution in [2.45, 2.75) is 38.1 Å². The average Bonchev–Trinajstić information content (AvgIpc) is 3.26. The highest BCUT2D eigenvalue weighted by Crippen LogP contribution is 2.35. The molecule has 2 aromatic heterocycles. The van der Waals surface area contributed by atoms with Crippen LogP contribution in [0.15, 0.2) is 66.9 Å². The zero-order chi connectivity index (χ0) is 21.8. The van der Waals surface area contributed by atoms with E-state index in [0.717, 1.165) is 73.8 Å². The van der Waals surface area contributed by atoms with E-state index < -0.39 is 0 Å². The standard InChI is InChI=1S/C26H29N5O/c1-20-29-23(11-14-31-24-10-6-5-7-21(24)18-28-31)17-25(30-20)27-19-26(12-15-32-16-13-26)22-8-3-2-4-9-22/h2-10,17-18H,11-16,19H2,1H3,(H,27,29,30). The Bertz CT molecular complexity index is 1180. The minimum Gasteiger partial charge on any atom is -0.381 e. The van der Waals surface area contributed by atoms with Crippen molar-refractivity contribution in [3.05, 3.63) is 83.9 Å². The molecule has 1 saturated heterocycles. The molecular weight excluding hydrogens is 398 g/mol. The average molecular weight is 428 g/mol. The van der Waals surface area contributed by atoms with Crippen LogP contribution in [0.2, 0.25) is 0 Å². The lowest BCUT2D eigenvalue weighted by Crippen LogP contribution is -2.40. The van der Waals surface area contributed by atoms with Crippen molar-refractivity contribution in [2.24, 2.45) is 0 Å². The third-order valence-corrected chi connectivity index (χ3v) is 6.47. The lowest BCUT2D eigenvalue weighted by molar-refractivity contribution is 0.0543. The van der Waals surface area contributed by atoms with Crippen LogP contribution in [-0.4, -0.2) is 39.5 Å². The fourth-order valence-corrected chi connectivity index (χ4v) is 4.65. The highest BCUT2D eigenvalue weighted by Gasteiger charge is 2.34. The third-order valence-electron chi connectivity index (χ3n) is 6.47. The summed E-state index contributed by atoms with van der Waals surface area (Å²) in [5, 5.41) is 9.33. The van der Waals surface area contributed by atoms with E-state index in [1.165, 1.54) is 5.56 Å². The van der Waals surface area contributed by atoms with Crippen LogP contribution in [0.4, 0.5) is 5.82 Å². The molecule has 0 amide bonds. The minimum absolute atomic E-state index is 0.0620. The van der Waals surface area contributed by atoms with E-state index in [0.29, 0.717) is 0 Å². The third kappa shape index (κ3) is 4.36. The number of hydrogen-bond donors (Lipinski definition) is 1. The number of nitrogens with one attached hydrogen (secondary N) is 1. The van der Waals surface area contributed by atoms with Gasteiger partial charge in [0.15, 0.2) is 0 Å². The van der Waals surface area contributed by atoms with E-state index in [1.54, 1.807) is 0 Å². The molecule has 0 radical (unpaired) electrons. The summed E-state index contributed by atoms with van der Waals surface area (Å²) in [7, 11) is 0. The van der Waals surface area contributed by atoms with E-state index >= 15 is 0 Å². The quantitative estimate of drug-likeness (QED) is 0.469. The topological polar surface area (TPSA) is 64.9 Å². The number of benzene rings is 2. The maximum atomic E-state index is 5.67. The second-order valence-corrected chi connectivity index (χ2v) is 8.58. The number of fused-ring (bicyclic) bond motifs is 1. The Morgan fingerprint density at radius 2 is 1.78 bits per heavy atom. The molecule has 0 unspecified atom stereocenters. The normalized spacial score (nSPS) is 15.7. The SMILES string of the molecule is Cc1nc(CCn2ncc3ccccc32)cc(NCC2(c3ccccc3)CCOCC2)n1. The monoisotopic (exact) mass is 427 g/mol. The van der Waals surface area contributed by atoms with E-state index in [-0.39, 0.29) is 5.41 Å². The van der Waals surface area contributed by atoms with Crippen LogP contribution < -0.4 is 5.32 Å². The van der Waals surface area contributed by atoms with E-state index in [9.17, 15) is 0 Å². The Kier molecular flexibility index (Phi) is 5.86. The van der Waals surface area contributed by atoms with Crippen molar-refractivity contribution in [1.29, 1.82) is 0 Å².